The van der Waals surface area contributed by atoms with Crippen LogP contribution in [0.5, 0.6) is 0 Å². The van der Waals surface area contributed by atoms with Crippen LogP contribution < -0.4 is 10.6 Å². The molecule has 1 aliphatic heterocycles. The third kappa shape index (κ3) is 4.23. The highest BCUT2D eigenvalue weighted by atomic mass is 16.5. The summed E-state index contributed by atoms with van der Waals surface area (Å²) in [7, 11) is 2.33. The van der Waals surface area contributed by atoms with E-state index in [0.717, 1.165) is 7.11 Å². The maximum Gasteiger partial charge on any atom is 0.328 e. The number of carbonyl (C=O) groups is 4. The summed E-state index contributed by atoms with van der Waals surface area (Å²) in [6, 6.07) is -1.81. The summed E-state index contributed by atoms with van der Waals surface area (Å²) in [5.41, 5.74) is 0. The number of esters is 2. The normalized spacial score (nSPS) is 19.3. The van der Waals surface area contributed by atoms with Crippen LogP contribution in [-0.4, -0.2) is 50.1 Å². The molecule has 0 saturated carbocycles. The Bertz CT molecular complexity index is 395. The van der Waals surface area contributed by atoms with E-state index in [2.05, 4.69) is 20.1 Å². The fraction of sp³-hybridized carbons (Fsp3) is 0.636. The van der Waals surface area contributed by atoms with E-state index in [-0.39, 0.29) is 18.7 Å². The number of hydrogen-bond acceptors (Lipinski definition) is 6. The number of nitrogens with one attached hydrogen (secondary N) is 2. The molecule has 2 N–H and O–H groups in total. The maximum atomic E-state index is 11.8. The van der Waals surface area contributed by atoms with Gasteiger partial charge in [0.1, 0.15) is 12.1 Å². The maximum absolute atomic E-state index is 11.8. The van der Waals surface area contributed by atoms with Gasteiger partial charge in [0.2, 0.25) is 11.8 Å². The van der Waals surface area contributed by atoms with E-state index in [1.165, 1.54) is 7.11 Å². The number of amides is 2. The molecule has 0 aliphatic carbocycles. The molecule has 0 aromatic heterocycles. The number of carbonyl (C=O) groups excluding carboxylic acids is 4. The minimum Gasteiger partial charge on any atom is -0.469 e. The Morgan fingerprint density at radius 2 is 2.05 bits per heavy atom. The van der Waals surface area contributed by atoms with Crippen molar-refractivity contribution in [3.05, 3.63) is 0 Å². The Morgan fingerprint density at radius 3 is 2.53 bits per heavy atom. The van der Waals surface area contributed by atoms with E-state index in [4.69, 9.17) is 0 Å². The van der Waals surface area contributed by atoms with Gasteiger partial charge >= 0.3 is 11.9 Å². The Hall–Kier alpha value is -2.12. The first-order valence-electron chi connectivity index (χ1n) is 5.72. The summed E-state index contributed by atoms with van der Waals surface area (Å²) in [5, 5.41) is 4.83. The van der Waals surface area contributed by atoms with Gasteiger partial charge in [-0.05, 0) is 6.42 Å². The molecule has 1 aliphatic rings. The molecule has 0 aromatic rings. The molecular formula is C11H16N2O6. The molecular weight excluding hydrogens is 256 g/mol. The van der Waals surface area contributed by atoms with Crippen molar-refractivity contribution in [2.24, 2.45) is 0 Å². The molecule has 8 nitrogen and oxygen atoms in total. The van der Waals surface area contributed by atoms with Gasteiger partial charge in [0, 0.05) is 6.42 Å². The van der Waals surface area contributed by atoms with Crippen molar-refractivity contribution in [3.63, 3.8) is 0 Å². The van der Waals surface area contributed by atoms with Crippen LogP contribution in [0.1, 0.15) is 19.3 Å². The lowest BCUT2D eigenvalue weighted by molar-refractivity contribution is -0.150. The van der Waals surface area contributed by atoms with Gasteiger partial charge in [0.15, 0.2) is 0 Å². The van der Waals surface area contributed by atoms with Crippen LogP contribution in [0, 0.1) is 0 Å². The zero-order valence-corrected chi connectivity index (χ0v) is 10.7. The van der Waals surface area contributed by atoms with Gasteiger partial charge in [0.25, 0.3) is 0 Å². The smallest absolute Gasteiger partial charge is 0.328 e. The molecule has 0 aromatic carbocycles. The molecule has 0 unspecified atom stereocenters. The van der Waals surface area contributed by atoms with Gasteiger partial charge in [-0.2, -0.15) is 0 Å². The molecule has 2 amide bonds. The second-order valence-electron chi connectivity index (χ2n) is 4.02. The number of hydrogen-bond donors (Lipinski definition) is 2. The Morgan fingerprint density at radius 1 is 1.37 bits per heavy atom. The second-order valence-corrected chi connectivity index (χ2v) is 4.02. The van der Waals surface area contributed by atoms with E-state index in [1.54, 1.807) is 0 Å². The van der Waals surface area contributed by atoms with Crippen LogP contribution in [0.2, 0.25) is 0 Å². The lowest BCUT2D eigenvalue weighted by Gasteiger charge is -2.17. The Balaban J connectivity index is 2.61. The van der Waals surface area contributed by atoms with Crippen LogP contribution in [-0.2, 0) is 28.7 Å². The highest BCUT2D eigenvalue weighted by Crippen LogP contribution is 2.07. The first-order valence-corrected chi connectivity index (χ1v) is 5.72. The molecule has 8 heteroatoms. The highest BCUT2D eigenvalue weighted by Gasteiger charge is 2.31. The van der Waals surface area contributed by atoms with Crippen LogP contribution >= 0.6 is 0 Å². The van der Waals surface area contributed by atoms with Crippen molar-refractivity contribution in [2.75, 3.05) is 14.2 Å². The molecule has 1 fully saturated rings. The third-order valence-corrected chi connectivity index (χ3v) is 2.71. The first-order chi connectivity index (χ1) is 8.97. The molecule has 0 spiro atoms. The molecule has 19 heavy (non-hydrogen) atoms. The molecule has 2 atom stereocenters. The SMILES string of the molecule is COC(=O)C[C@@H](NC(=O)[C@H]1CCC(=O)N1)C(=O)OC. The minimum absolute atomic E-state index is 0.220. The molecule has 1 heterocycles. The van der Waals surface area contributed by atoms with Crippen molar-refractivity contribution in [1.29, 1.82) is 0 Å². The van der Waals surface area contributed by atoms with Crippen molar-refractivity contribution in [1.82, 2.24) is 10.6 Å². The van der Waals surface area contributed by atoms with E-state index < -0.39 is 29.9 Å². The molecule has 106 valence electrons. The average molecular weight is 272 g/mol. The van der Waals surface area contributed by atoms with Gasteiger partial charge in [-0.15, -0.1) is 0 Å². The number of ether oxygens (including phenoxy) is 2. The molecule has 1 rings (SSSR count). The Kier molecular flexibility index (Phi) is 5.28. The van der Waals surface area contributed by atoms with Gasteiger partial charge in [-0.25, -0.2) is 4.79 Å². The van der Waals surface area contributed by atoms with E-state index >= 15 is 0 Å². The third-order valence-electron chi connectivity index (χ3n) is 2.71. The van der Waals surface area contributed by atoms with Crippen LogP contribution in [0.15, 0.2) is 0 Å². The van der Waals surface area contributed by atoms with Gasteiger partial charge in [-0.1, -0.05) is 0 Å². The largest absolute Gasteiger partial charge is 0.469 e. The van der Waals surface area contributed by atoms with Gasteiger partial charge < -0.3 is 20.1 Å². The first kappa shape index (κ1) is 14.9. The predicted molar refractivity (Wildman–Crippen MR) is 61.7 cm³/mol. The summed E-state index contributed by atoms with van der Waals surface area (Å²) in [5.74, 6) is -2.14. The minimum atomic E-state index is -1.12. The Labute approximate surface area is 109 Å². The van der Waals surface area contributed by atoms with Crippen LogP contribution in [0.3, 0.4) is 0 Å². The van der Waals surface area contributed by atoms with Gasteiger partial charge in [0.05, 0.1) is 20.6 Å². The standard InChI is InChI=1S/C11H16N2O6/c1-18-9(15)5-7(11(17)19-2)13-10(16)6-3-4-8(14)12-6/h6-7H,3-5H2,1-2H3,(H,12,14)(H,13,16)/t6-,7-/m1/s1. The topological polar surface area (TPSA) is 111 Å². The van der Waals surface area contributed by atoms with Crippen molar-refractivity contribution < 1.29 is 28.7 Å². The summed E-state index contributed by atoms with van der Waals surface area (Å²) in [6.45, 7) is 0. The van der Waals surface area contributed by atoms with Crippen molar-refractivity contribution in [2.45, 2.75) is 31.3 Å². The highest BCUT2D eigenvalue weighted by molar-refractivity contribution is 5.94. The number of methoxy groups -OCH3 is 2. The monoisotopic (exact) mass is 272 g/mol. The lowest BCUT2D eigenvalue weighted by Crippen LogP contribution is -2.49. The molecule has 1 saturated heterocycles. The number of rotatable bonds is 5. The second kappa shape index (κ2) is 6.72. The average Bonchev–Trinajstić information content (AvgIpc) is 2.83. The van der Waals surface area contributed by atoms with Crippen molar-refractivity contribution in [3.8, 4) is 0 Å². The van der Waals surface area contributed by atoms with Crippen LogP contribution in [0.25, 0.3) is 0 Å². The van der Waals surface area contributed by atoms with Gasteiger partial charge in [-0.3, -0.25) is 14.4 Å². The fourth-order valence-corrected chi connectivity index (χ4v) is 1.67. The van der Waals surface area contributed by atoms with E-state index in [0.29, 0.717) is 6.42 Å². The molecule has 0 radical (unpaired) electrons. The summed E-state index contributed by atoms with van der Waals surface area (Å²) >= 11 is 0. The summed E-state index contributed by atoms with van der Waals surface area (Å²) in [4.78, 5) is 45.4. The van der Waals surface area contributed by atoms with Crippen LogP contribution in [0.4, 0.5) is 0 Å². The fourth-order valence-electron chi connectivity index (χ4n) is 1.67. The zero-order chi connectivity index (χ0) is 14.4. The van der Waals surface area contributed by atoms with E-state index in [9.17, 15) is 19.2 Å². The quantitative estimate of drug-likeness (QED) is 0.588. The summed E-state index contributed by atoms with van der Waals surface area (Å²) < 4.78 is 8.93. The zero-order valence-electron chi connectivity index (χ0n) is 10.7. The lowest BCUT2D eigenvalue weighted by atomic mass is 10.1. The van der Waals surface area contributed by atoms with Crippen molar-refractivity contribution >= 4 is 23.8 Å². The van der Waals surface area contributed by atoms with E-state index in [1.807, 2.05) is 0 Å². The summed E-state index contributed by atoms with van der Waals surface area (Å²) in [6.07, 6.45) is 0.296. The predicted octanol–water partition coefficient (Wildman–Crippen LogP) is -1.51. The molecule has 0 bridgehead atoms.